The molecule has 0 radical (unpaired) electrons. The maximum Gasteiger partial charge on any atom is 0.271 e. The smallest absolute Gasteiger partial charge is 0.271 e. The van der Waals surface area contributed by atoms with Crippen molar-refractivity contribution in [3.8, 4) is 11.5 Å². The maximum absolute atomic E-state index is 12.5. The molecule has 0 atom stereocenters. The number of imidazole rings is 1. The quantitative estimate of drug-likeness (QED) is 0.312. The van der Waals surface area contributed by atoms with E-state index in [2.05, 4.69) is 34.3 Å². The van der Waals surface area contributed by atoms with Crippen LogP contribution in [0.25, 0.3) is 11.0 Å². The Labute approximate surface area is 180 Å². The van der Waals surface area contributed by atoms with E-state index in [1.165, 1.54) is 0 Å². The van der Waals surface area contributed by atoms with Gasteiger partial charge in [0.05, 0.1) is 30.5 Å². The Morgan fingerprint density at radius 3 is 2.67 bits per heavy atom. The number of nitrogens with zero attached hydrogens (tertiary/aromatic N) is 2. The number of hydrogen-bond acceptors (Lipinski definition) is 6. The number of hydrazone groups is 1. The molecular formula is C22H26N4O3S. The van der Waals surface area contributed by atoms with Crippen LogP contribution in [0.1, 0.15) is 43.6 Å². The molecule has 3 rings (SSSR count). The average Bonchev–Trinajstić information content (AvgIpc) is 3.09. The Morgan fingerprint density at radius 1 is 1.17 bits per heavy atom. The van der Waals surface area contributed by atoms with Crippen molar-refractivity contribution in [1.29, 1.82) is 0 Å². The molecule has 0 saturated carbocycles. The number of carbonyl (C=O) groups is 1. The lowest BCUT2D eigenvalue weighted by atomic mass is 10.2. The first-order valence-corrected chi connectivity index (χ1v) is 10.6. The number of thioether (sulfide) groups is 1. The highest BCUT2D eigenvalue weighted by molar-refractivity contribution is 7.99. The third kappa shape index (κ3) is 5.54. The van der Waals surface area contributed by atoms with Crippen molar-refractivity contribution >= 4 is 34.9 Å². The standard InChI is InChI=1S/C22H26N4O3S/c1-13(2)29-19-9-6-15(10-20(19)28-5)12-23-26-21(27)16-7-8-17-18(11-16)25-22(24-17)30-14(3)4/h6-14H,1-5H3,(H,24,25)(H,26,27)/b23-12-. The van der Waals surface area contributed by atoms with Crippen LogP contribution >= 0.6 is 11.8 Å². The number of aromatic nitrogens is 2. The number of rotatable bonds is 8. The van der Waals surface area contributed by atoms with Crippen LogP contribution in [0.5, 0.6) is 11.5 Å². The maximum atomic E-state index is 12.5. The minimum Gasteiger partial charge on any atom is -0.493 e. The van der Waals surface area contributed by atoms with E-state index < -0.39 is 0 Å². The predicted octanol–water partition coefficient (Wildman–Crippen LogP) is 4.62. The molecule has 0 aliphatic rings. The second-order valence-electron chi connectivity index (χ2n) is 7.22. The SMILES string of the molecule is COc1cc(/C=N\NC(=O)c2ccc3nc(SC(C)C)[nH]c3c2)ccc1OC(C)C. The van der Waals surface area contributed by atoms with Crippen LogP contribution in [0.3, 0.4) is 0 Å². The fourth-order valence-corrected chi connectivity index (χ4v) is 3.52. The van der Waals surface area contributed by atoms with E-state index in [0.29, 0.717) is 22.3 Å². The number of benzene rings is 2. The van der Waals surface area contributed by atoms with Gasteiger partial charge in [-0.15, -0.1) is 0 Å². The van der Waals surface area contributed by atoms with Crippen LogP contribution in [0.15, 0.2) is 46.7 Å². The Bertz CT molecular complexity index is 1060. The molecule has 1 heterocycles. The van der Waals surface area contributed by atoms with E-state index in [4.69, 9.17) is 9.47 Å². The van der Waals surface area contributed by atoms with E-state index in [0.717, 1.165) is 21.8 Å². The van der Waals surface area contributed by atoms with Crippen LogP contribution in [0, 0.1) is 0 Å². The number of aromatic amines is 1. The minimum absolute atomic E-state index is 0.0463. The lowest BCUT2D eigenvalue weighted by molar-refractivity contribution is 0.0955. The van der Waals surface area contributed by atoms with Crippen LogP contribution in [-0.2, 0) is 0 Å². The molecule has 0 fully saturated rings. The number of fused-ring (bicyclic) bond motifs is 1. The lowest BCUT2D eigenvalue weighted by Crippen LogP contribution is -2.17. The van der Waals surface area contributed by atoms with E-state index >= 15 is 0 Å². The Kier molecular flexibility index (Phi) is 6.99. The summed E-state index contributed by atoms with van der Waals surface area (Å²) in [6.45, 7) is 8.12. The highest BCUT2D eigenvalue weighted by Gasteiger charge is 2.10. The second kappa shape index (κ2) is 9.67. The molecule has 158 valence electrons. The number of ether oxygens (including phenoxy) is 2. The summed E-state index contributed by atoms with van der Waals surface area (Å²) >= 11 is 1.65. The Morgan fingerprint density at radius 2 is 1.97 bits per heavy atom. The van der Waals surface area contributed by atoms with Crippen molar-refractivity contribution in [2.24, 2.45) is 5.10 Å². The van der Waals surface area contributed by atoms with E-state index in [1.807, 2.05) is 32.0 Å². The van der Waals surface area contributed by atoms with Crippen molar-refractivity contribution in [3.05, 3.63) is 47.5 Å². The van der Waals surface area contributed by atoms with Gasteiger partial charge in [-0.2, -0.15) is 5.10 Å². The lowest BCUT2D eigenvalue weighted by Gasteiger charge is -2.13. The first-order valence-electron chi connectivity index (χ1n) is 9.70. The summed E-state index contributed by atoms with van der Waals surface area (Å²) in [6, 6.07) is 10.8. The van der Waals surface area contributed by atoms with Crippen molar-refractivity contribution < 1.29 is 14.3 Å². The molecule has 0 bridgehead atoms. The van der Waals surface area contributed by atoms with Crippen LogP contribution in [0.2, 0.25) is 0 Å². The van der Waals surface area contributed by atoms with Crippen molar-refractivity contribution in [2.45, 2.75) is 44.2 Å². The molecule has 1 aromatic heterocycles. The fraction of sp³-hybridized carbons (Fsp3) is 0.318. The van der Waals surface area contributed by atoms with E-state index in [-0.39, 0.29) is 12.0 Å². The van der Waals surface area contributed by atoms with E-state index in [9.17, 15) is 4.79 Å². The molecule has 30 heavy (non-hydrogen) atoms. The number of methoxy groups -OCH3 is 1. The molecule has 2 N–H and O–H groups in total. The predicted molar refractivity (Wildman–Crippen MR) is 121 cm³/mol. The molecule has 7 nitrogen and oxygen atoms in total. The Balaban J connectivity index is 1.68. The summed E-state index contributed by atoms with van der Waals surface area (Å²) in [5, 5.41) is 5.32. The minimum atomic E-state index is -0.299. The van der Waals surface area contributed by atoms with E-state index in [1.54, 1.807) is 43.3 Å². The highest BCUT2D eigenvalue weighted by atomic mass is 32.2. The molecule has 0 aliphatic carbocycles. The van der Waals surface area contributed by atoms with Gasteiger partial charge in [0.1, 0.15) is 0 Å². The number of nitrogens with one attached hydrogen (secondary N) is 2. The van der Waals surface area contributed by atoms with Gasteiger partial charge in [0.2, 0.25) is 0 Å². The number of amides is 1. The molecule has 3 aromatic rings. The summed E-state index contributed by atoms with van der Waals surface area (Å²) < 4.78 is 11.1. The van der Waals surface area contributed by atoms with Crippen LogP contribution in [0.4, 0.5) is 0 Å². The van der Waals surface area contributed by atoms with Crippen LogP contribution < -0.4 is 14.9 Å². The van der Waals surface area contributed by atoms with Gasteiger partial charge in [0.25, 0.3) is 5.91 Å². The molecular weight excluding hydrogens is 400 g/mol. The number of hydrogen-bond donors (Lipinski definition) is 2. The normalized spacial score (nSPS) is 11.6. The van der Waals surface area contributed by atoms with Gasteiger partial charge >= 0.3 is 0 Å². The molecule has 1 amide bonds. The Hall–Kier alpha value is -3.00. The zero-order valence-corrected chi connectivity index (χ0v) is 18.5. The molecule has 8 heteroatoms. The van der Waals surface area contributed by atoms with Gasteiger partial charge < -0.3 is 14.5 Å². The zero-order valence-electron chi connectivity index (χ0n) is 17.7. The zero-order chi connectivity index (χ0) is 21.7. The fourth-order valence-electron chi connectivity index (χ4n) is 2.75. The molecule has 0 unspecified atom stereocenters. The van der Waals surface area contributed by atoms with Gasteiger partial charge in [0.15, 0.2) is 16.7 Å². The van der Waals surface area contributed by atoms with Gasteiger partial charge in [-0.05, 0) is 55.8 Å². The van der Waals surface area contributed by atoms with Gasteiger partial charge in [-0.3, -0.25) is 4.79 Å². The third-order valence-corrected chi connectivity index (χ3v) is 4.89. The monoisotopic (exact) mass is 426 g/mol. The van der Waals surface area contributed by atoms with Crippen LogP contribution in [-0.4, -0.2) is 40.6 Å². The van der Waals surface area contributed by atoms with Gasteiger partial charge in [-0.25, -0.2) is 10.4 Å². The van der Waals surface area contributed by atoms with Crippen molar-refractivity contribution in [2.75, 3.05) is 7.11 Å². The largest absolute Gasteiger partial charge is 0.493 e. The number of carbonyl (C=O) groups excluding carboxylic acids is 1. The molecule has 0 saturated heterocycles. The van der Waals surface area contributed by atoms with Crippen molar-refractivity contribution in [1.82, 2.24) is 15.4 Å². The second-order valence-corrected chi connectivity index (χ2v) is 8.78. The summed E-state index contributed by atoms with van der Waals surface area (Å²) in [7, 11) is 1.59. The first-order chi connectivity index (χ1) is 14.4. The topological polar surface area (TPSA) is 88.6 Å². The summed E-state index contributed by atoms with van der Waals surface area (Å²) in [5.41, 5.74) is 5.48. The number of H-pyrrole nitrogens is 1. The highest BCUT2D eigenvalue weighted by Crippen LogP contribution is 2.28. The van der Waals surface area contributed by atoms with Gasteiger partial charge in [0, 0.05) is 10.8 Å². The van der Waals surface area contributed by atoms with Crippen molar-refractivity contribution in [3.63, 3.8) is 0 Å². The summed E-state index contributed by atoms with van der Waals surface area (Å²) in [5.74, 6) is 0.975. The molecule has 0 aliphatic heterocycles. The molecule has 2 aromatic carbocycles. The first kappa shape index (κ1) is 21.7. The summed E-state index contributed by atoms with van der Waals surface area (Å²) in [4.78, 5) is 20.2. The third-order valence-electron chi connectivity index (χ3n) is 4.00. The van der Waals surface area contributed by atoms with Gasteiger partial charge in [-0.1, -0.05) is 25.6 Å². The summed E-state index contributed by atoms with van der Waals surface area (Å²) in [6.07, 6.45) is 1.61. The average molecular weight is 427 g/mol. The molecule has 0 spiro atoms.